The van der Waals surface area contributed by atoms with Crippen LogP contribution in [-0.4, -0.2) is 16.1 Å². The molecule has 0 fully saturated rings. The predicted molar refractivity (Wildman–Crippen MR) is 130 cm³/mol. The predicted octanol–water partition coefficient (Wildman–Crippen LogP) is 8.48. The molecule has 37 heavy (non-hydrogen) atoms. The molecule has 0 saturated carbocycles. The van der Waals surface area contributed by atoms with E-state index in [1.54, 1.807) is 12.1 Å². The van der Waals surface area contributed by atoms with Gasteiger partial charge in [-0.2, -0.15) is 13.2 Å². The van der Waals surface area contributed by atoms with Gasteiger partial charge >= 0.3 is 17.6 Å². The van der Waals surface area contributed by atoms with Gasteiger partial charge in [0.2, 0.25) is 0 Å². The standard InChI is InChI=1S/C21H10Cl4F3N3O6/c22-13-2-1-10(15(24)6-13)9-36-29-8-11-3-14(23)7-16(25)19(11)37-20-17(30(32)33)4-12(21(26,27)28)5-18(20)31(34)35/h1-8H,9H2/b29-8+. The summed E-state index contributed by atoms with van der Waals surface area (Å²) in [5.74, 6) is -1.51. The van der Waals surface area contributed by atoms with Crippen LogP contribution in [0.15, 0.2) is 47.6 Å². The van der Waals surface area contributed by atoms with Gasteiger partial charge in [0.1, 0.15) is 6.61 Å². The van der Waals surface area contributed by atoms with Crippen LogP contribution in [0.5, 0.6) is 11.5 Å². The van der Waals surface area contributed by atoms with Crippen LogP contribution in [0.1, 0.15) is 16.7 Å². The van der Waals surface area contributed by atoms with Gasteiger partial charge < -0.3 is 9.57 Å². The molecule has 0 saturated heterocycles. The van der Waals surface area contributed by atoms with Gasteiger partial charge in [-0.1, -0.05) is 57.6 Å². The highest BCUT2D eigenvalue weighted by atomic mass is 35.5. The van der Waals surface area contributed by atoms with Crippen molar-refractivity contribution in [2.24, 2.45) is 5.16 Å². The number of oxime groups is 1. The first-order valence-corrected chi connectivity index (χ1v) is 11.1. The van der Waals surface area contributed by atoms with E-state index in [0.717, 1.165) is 12.3 Å². The lowest BCUT2D eigenvalue weighted by Gasteiger charge is -2.13. The number of nitro benzene ring substituents is 2. The van der Waals surface area contributed by atoms with Gasteiger partial charge in [-0.05, 0) is 24.3 Å². The number of alkyl halides is 3. The lowest BCUT2D eigenvalue weighted by atomic mass is 10.1. The van der Waals surface area contributed by atoms with Gasteiger partial charge in [0, 0.05) is 38.3 Å². The van der Waals surface area contributed by atoms with Crippen LogP contribution in [0.3, 0.4) is 0 Å². The van der Waals surface area contributed by atoms with Crippen molar-refractivity contribution in [1.82, 2.24) is 0 Å². The normalized spacial score (nSPS) is 11.5. The number of nitrogens with zero attached hydrogens (tertiary/aromatic N) is 3. The van der Waals surface area contributed by atoms with Gasteiger partial charge in [0.25, 0.3) is 5.75 Å². The van der Waals surface area contributed by atoms with E-state index in [2.05, 4.69) is 5.16 Å². The van der Waals surface area contributed by atoms with Crippen molar-refractivity contribution in [3.05, 3.63) is 99.5 Å². The number of rotatable bonds is 8. The van der Waals surface area contributed by atoms with Crippen molar-refractivity contribution in [3.8, 4) is 11.5 Å². The Morgan fingerprint density at radius 3 is 2.00 bits per heavy atom. The molecule has 0 heterocycles. The highest BCUT2D eigenvalue weighted by Crippen LogP contribution is 2.46. The summed E-state index contributed by atoms with van der Waals surface area (Å²) in [7, 11) is 0. The monoisotopic (exact) mass is 597 g/mol. The summed E-state index contributed by atoms with van der Waals surface area (Å²) in [6.45, 7) is -0.104. The van der Waals surface area contributed by atoms with Gasteiger partial charge in [-0.3, -0.25) is 20.2 Å². The summed E-state index contributed by atoms with van der Waals surface area (Å²) in [6, 6.07) is 7.24. The Morgan fingerprint density at radius 2 is 1.46 bits per heavy atom. The van der Waals surface area contributed by atoms with Gasteiger partial charge in [-0.25, -0.2) is 0 Å². The van der Waals surface area contributed by atoms with E-state index in [9.17, 15) is 33.4 Å². The second-order valence-electron chi connectivity index (χ2n) is 7.01. The van der Waals surface area contributed by atoms with E-state index < -0.39 is 44.5 Å². The maximum atomic E-state index is 13.2. The Kier molecular flexibility index (Phi) is 8.69. The molecule has 0 aliphatic carbocycles. The third kappa shape index (κ3) is 6.92. The van der Waals surface area contributed by atoms with Crippen molar-refractivity contribution in [1.29, 1.82) is 0 Å². The number of hydrogen-bond acceptors (Lipinski definition) is 7. The first-order valence-electron chi connectivity index (χ1n) is 9.58. The fourth-order valence-electron chi connectivity index (χ4n) is 2.86. The first-order chi connectivity index (χ1) is 17.3. The van der Waals surface area contributed by atoms with Gasteiger partial charge in [-0.15, -0.1) is 0 Å². The average Bonchev–Trinajstić information content (AvgIpc) is 2.78. The summed E-state index contributed by atoms with van der Waals surface area (Å²) in [6.07, 6.45) is -4.08. The smallest absolute Gasteiger partial charge is 0.416 e. The molecule has 0 bridgehead atoms. The molecule has 3 aromatic rings. The Bertz CT molecular complexity index is 1380. The van der Waals surface area contributed by atoms with Gasteiger partial charge in [0.15, 0.2) is 5.75 Å². The highest BCUT2D eigenvalue weighted by Gasteiger charge is 2.39. The van der Waals surface area contributed by atoms with Gasteiger partial charge in [0.05, 0.1) is 26.6 Å². The van der Waals surface area contributed by atoms with Crippen LogP contribution in [0.25, 0.3) is 0 Å². The number of hydrogen-bond donors (Lipinski definition) is 0. The maximum absolute atomic E-state index is 13.2. The molecule has 0 aromatic heterocycles. The Morgan fingerprint density at radius 1 is 0.865 bits per heavy atom. The second-order valence-corrected chi connectivity index (χ2v) is 8.69. The largest absolute Gasteiger partial charge is 0.442 e. The molecule has 194 valence electrons. The average molecular weight is 599 g/mol. The minimum atomic E-state index is -5.10. The molecule has 3 rings (SSSR count). The van der Waals surface area contributed by atoms with Crippen LogP contribution in [0.2, 0.25) is 20.1 Å². The van der Waals surface area contributed by atoms with E-state index in [1.807, 2.05) is 0 Å². The van der Waals surface area contributed by atoms with Crippen molar-refractivity contribution < 1.29 is 32.6 Å². The zero-order valence-electron chi connectivity index (χ0n) is 17.8. The molecular formula is C21H10Cl4F3N3O6. The fraction of sp³-hybridized carbons (Fsp3) is 0.0952. The summed E-state index contributed by atoms with van der Waals surface area (Å²) < 4.78 is 44.9. The molecule has 0 N–H and O–H groups in total. The first kappa shape index (κ1) is 28.3. The lowest BCUT2D eigenvalue weighted by molar-refractivity contribution is -0.396. The minimum absolute atomic E-state index is 0.0518. The Balaban J connectivity index is 2.02. The van der Waals surface area contributed by atoms with Crippen molar-refractivity contribution in [2.75, 3.05) is 0 Å². The quantitative estimate of drug-likeness (QED) is 0.146. The van der Waals surface area contributed by atoms with Crippen molar-refractivity contribution >= 4 is 64.0 Å². The lowest BCUT2D eigenvalue weighted by Crippen LogP contribution is -2.08. The zero-order valence-corrected chi connectivity index (χ0v) is 20.8. The third-order valence-corrected chi connectivity index (χ3v) is 5.60. The topological polar surface area (TPSA) is 117 Å². The minimum Gasteiger partial charge on any atom is -0.442 e. The molecule has 0 aliphatic heterocycles. The van der Waals surface area contributed by atoms with Crippen LogP contribution in [-0.2, 0) is 17.6 Å². The molecule has 0 radical (unpaired) electrons. The second kappa shape index (κ2) is 11.4. The third-order valence-electron chi connectivity index (χ3n) is 4.51. The van der Waals surface area contributed by atoms with Crippen LogP contribution < -0.4 is 4.74 Å². The van der Waals surface area contributed by atoms with E-state index >= 15 is 0 Å². The van der Waals surface area contributed by atoms with Crippen LogP contribution in [0.4, 0.5) is 24.5 Å². The summed E-state index contributed by atoms with van der Waals surface area (Å²) in [5.41, 5.74) is -3.78. The van der Waals surface area contributed by atoms with Crippen molar-refractivity contribution in [3.63, 3.8) is 0 Å². The van der Waals surface area contributed by atoms with Crippen molar-refractivity contribution in [2.45, 2.75) is 12.8 Å². The fourth-order valence-corrected chi connectivity index (χ4v) is 3.87. The number of ether oxygens (including phenoxy) is 1. The highest BCUT2D eigenvalue weighted by molar-refractivity contribution is 6.36. The number of nitro groups is 2. The number of benzene rings is 3. The molecule has 16 heteroatoms. The van der Waals surface area contributed by atoms with E-state index in [-0.39, 0.29) is 34.3 Å². The molecule has 0 atom stereocenters. The molecular weight excluding hydrogens is 589 g/mol. The van der Waals surface area contributed by atoms with E-state index in [0.29, 0.717) is 15.6 Å². The summed E-state index contributed by atoms with van der Waals surface area (Å²) in [5, 5.41) is 27.2. The molecule has 0 spiro atoms. The summed E-state index contributed by atoms with van der Waals surface area (Å²) in [4.78, 5) is 25.7. The zero-order chi connectivity index (χ0) is 27.5. The molecule has 0 aliphatic rings. The molecule has 3 aromatic carbocycles. The summed E-state index contributed by atoms with van der Waals surface area (Å²) >= 11 is 24.0. The Labute approximate surface area is 225 Å². The van der Waals surface area contributed by atoms with E-state index in [4.69, 9.17) is 56.0 Å². The SMILES string of the molecule is O=[N+]([O-])c1cc(C(F)(F)F)cc([N+](=O)[O-])c1Oc1c(Cl)cc(Cl)cc1/C=N/OCc1ccc(Cl)cc1Cl. The molecule has 9 nitrogen and oxygen atoms in total. The molecule has 0 amide bonds. The van der Waals surface area contributed by atoms with E-state index in [1.165, 1.54) is 12.1 Å². The van der Waals surface area contributed by atoms with Crippen LogP contribution >= 0.6 is 46.4 Å². The molecule has 0 unspecified atom stereocenters. The maximum Gasteiger partial charge on any atom is 0.416 e. The number of halogens is 7. The van der Waals surface area contributed by atoms with Crippen LogP contribution in [0, 0.1) is 20.2 Å². The Hall–Kier alpha value is -3.32.